The van der Waals surface area contributed by atoms with Crippen molar-refractivity contribution in [2.24, 2.45) is 0 Å². The predicted molar refractivity (Wildman–Crippen MR) is 74.0 cm³/mol. The molecule has 18 heavy (non-hydrogen) atoms. The first-order valence-electron chi connectivity index (χ1n) is 6.28. The minimum atomic E-state index is -0.122. The number of phenolic OH excluding ortho intramolecular Hbond substituents is 1. The molecule has 1 rings (SSSR count). The number of aromatic hydroxyl groups is 1. The van der Waals surface area contributed by atoms with E-state index in [1.165, 1.54) is 0 Å². The van der Waals surface area contributed by atoms with Gasteiger partial charge >= 0.3 is 0 Å². The molecule has 0 unspecified atom stereocenters. The normalized spacial score (nSPS) is 10.2. The number of rotatable bonds is 5. The average Bonchev–Trinajstić information content (AvgIpc) is 2.36. The van der Waals surface area contributed by atoms with E-state index in [0.29, 0.717) is 25.1 Å². The summed E-state index contributed by atoms with van der Waals surface area (Å²) in [5, 5.41) is 10.2. The van der Waals surface area contributed by atoms with Crippen LogP contribution in [0, 0.1) is 6.92 Å². The van der Waals surface area contributed by atoms with Crippen molar-refractivity contribution in [1.29, 1.82) is 0 Å². The summed E-state index contributed by atoms with van der Waals surface area (Å²) in [4.78, 5) is 13.9. The minimum Gasteiger partial charge on any atom is -0.507 e. The zero-order valence-electron chi connectivity index (χ0n) is 11.4. The van der Waals surface area contributed by atoms with Crippen LogP contribution in [0.2, 0.25) is 0 Å². The summed E-state index contributed by atoms with van der Waals surface area (Å²) in [7, 11) is 0. The van der Waals surface area contributed by atoms with Crippen molar-refractivity contribution in [1.82, 2.24) is 4.90 Å². The standard InChI is InChI=1S/C15H21NO2/c1-5-8-12-11(4)9-10-13(14(12)17)15(18)16(6-2)7-3/h5,9-10,17H,1,6-8H2,2-4H3. The monoisotopic (exact) mass is 247 g/mol. The Morgan fingerprint density at radius 2 is 2.00 bits per heavy atom. The number of phenols is 1. The molecule has 0 radical (unpaired) electrons. The molecule has 98 valence electrons. The fourth-order valence-electron chi connectivity index (χ4n) is 1.99. The Kier molecular flexibility index (Phi) is 4.95. The Morgan fingerprint density at radius 1 is 1.39 bits per heavy atom. The van der Waals surface area contributed by atoms with Crippen LogP contribution in [0.5, 0.6) is 5.75 Å². The van der Waals surface area contributed by atoms with E-state index in [1.807, 2.05) is 26.8 Å². The van der Waals surface area contributed by atoms with Gasteiger partial charge in [0.15, 0.2) is 0 Å². The molecule has 0 saturated carbocycles. The fourth-order valence-corrected chi connectivity index (χ4v) is 1.99. The van der Waals surface area contributed by atoms with Crippen LogP contribution in [0.3, 0.4) is 0 Å². The number of aryl methyl sites for hydroxylation is 1. The second-order valence-corrected chi connectivity index (χ2v) is 4.23. The number of carbonyl (C=O) groups is 1. The maximum absolute atomic E-state index is 12.2. The first-order valence-corrected chi connectivity index (χ1v) is 6.28. The summed E-state index contributed by atoms with van der Waals surface area (Å²) >= 11 is 0. The largest absolute Gasteiger partial charge is 0.507 e. The SMILES string of the molecule is C=CCc1c(C)ccc(C(=O)N(CC)CC)c1O. The lowest BCUT2D eigenvalue weighted by atomic mass is 9.99. The molecular weight excluding hydrogens is 226 g/mol. The van der Waals surface area contributed by atoms with E-state index in [0.717, 1.165) is 11.1 Å². The van der Waals surface area contributed by atoms with Gasteiger partial charge in [0.25, 0.3) is 5.91 Å². The Labute approximate surface area is 109 Å². The zero-order valence-corrected chi connectivity index (χ0v) is 11.4. The van der Waals surface area contributed by atoms with Crippen molar-refractivity contribution in [3.8, 4) is 5.75 Å². The molecule has 0 atom stereocenters. The number of nitrogens with zero attached hydrogens (tertiary/aromatic N) is 1. The third-order valence-electron chi connectivity index (χ3n) is 3.15. The van der Waals surface area contributed by atoms with Crippen LogP contribution in [-0.2, 0) is 6.42 Å². The lowest BCUT2D eigenvalue weighted by Gasteiger charge is -2.20. The van der Waals surface area contributed by atoms with E-state index in [9.17, 15) is 9.90 Å². The summed E-state index contributed by atoms with van der Waals surface area (Å²) < 4.78 is 0. The lowest BCUT2D eigenvalue weighted by molar-refractivity contribution is 0.0770. The second kappa shape index (κ2) is 6.24. The topological polar surface area (TPSA) is 40.5 Å². The van der Waals surface area contributed by atoms with Gasteiger partial charge in [0.1, 0.15) is 5.75 Å². The smallest absolute Gasteiger partial charge is 0.257 e. The molecule has 0 aliphatic heterocycles. The van der Waals surface area contributed by atoms with Crippen LogP contribution in [0.1, 0.15) is 35.3 Å². The van der Waals surface area contributed by atoms with Crippen molar-refractivity contribution in [2.45, 2.75) is 27.2 Å². The number of carbonyl (C=O) groups excluding carboxylic acids is 1. The quantitative estimate of drug-likeness (QED) is 0.813. The third kappa shape index (κ3) is 2.73. The summed E-state index contributed by atoms with van der Waals surface area (Å²) in [6.45, 7) is 10.7. The first-order chi connectivity index (χ1) is 8.56. The minimum absolute atomic E-state index is 0.0896. The lowest BCUT2D eigenvalue weighted by Crippen LogP contribution is -2.30. The number of amides is 1. The van der Waals surface area contributed by atoms with Crippen LogP contribution in [-0.4, -0.2) is 29.0 Å². The zero-order chi connectivity index (χ0) is 13.7. The van der Waals surface area contributed by atoms with Gasteiger partial charge in [-0.3, -0.25) is 4.79 Å². The molecule has 1 N–H and O–H groups in total. The van der Waals surface area contributed by atoms with Gasteiger partial charge in [-0.15, -0.1) is 6.58 Å². The molecule has 3 heteroatoms. The van der Waals surface area contributed by atoms with E-state index in [2.05, 4.69) is 6.58 Å². The molecule has 0 aliphatic rings. The molecule has 1 aromatic carbocycles. The van der Waals surface area contributed by atoms with E-state index < -0.39 is 0 Å². The Bertz CT molecular complexity index is 448. The van der Waals surface area contributed by atoms with Gasteiger partial charge in [-0.1, -0.05) is 12.1 Å². The van der Waals surface area contributed by atoms with Gasteiger partial charge in [-0.25, -0.2) is 0 Å². The van der Waals surface area contributed by atoms with Crippen molar-refractivity contribution in [3.05, 3.63) is 41.5 Å². The molecule has 0 aliphatic carbocycles. The molecule has 3 nitrogen and oxygen atoms in total. The van der Waals surface area contributed by atoms with Gasteiger partial charge in [0.2, 0.25) is 0 Å². The van der Waals surface area contributed by atoms with E-state index >= 15 is 0 Å². The molecule has 1 amide bonds. The van der Waals surface area contributed by atoms with Gasteiger partial charge in [-0.2, -0.15) is 0 Å². The van der Waals surface area contributed by atoms with Crippen molar-refractivity contribution in [2.75, 3.05) is 13.1 Å². The fraction of sp³-hybridized carbons (Fsp3) is 0.400. The number of allylic oxidation sites excluding steroid dienone is 1. The number of hydrogen-bond acceptors (Lipinski definition) is 2. The second-order valence-electron chi connectivity index (χ2n) is 4.23. The highest BCUT2D eigenvalue weighted by molar-refractivity contribution is 5.97. The Morgan fingerprint density at radius 3 is 2.50 bits per heavy atom. The average molecular weight is 247 g/mol. The number of hydrogen-bond donors (Lipinski definition) is 1. The Balaban J connectivity index is 3.21. The molecule has 0 aromatic heterocycles. The highest BCUT2D eigenvalue weighted by Gasteiger charge is 2.19. The van der Waals surface area contributed by atoms with Crippen molar-refractivity contribution >= 4 is 5.91 Å². The third-order valence-corrected chi connectivity index (χ3v) is 3.15. The van der Waals surface area contributed by atoms with Crippen LogP contribution >= 0.6 is 0 Å². The highest BCUT2D eigenvalue weighted by atomic mass is 16.3. The van der Waals surface area contributed by atoms with Gasteiger partial charge < -0.3 is 10.0 Å². The highest BCUT2D eigenvalue weighted by Crippen LogP contribution is 2.27. The molecule has 0 saturated heterocycles. The van der Waals surface area contributed by atoms with E-state index in [4.69, 9.17) is 0 Å². The van der Waals surface area contributed by atoms with Gasteiger partial charge in [0, 0.05) is 18.7 Å². The van der Waals surface area contributed by atoms with E-state index in [-0.39, 0.29) is 11.7 Å². The van der Waals surface area contributed by atoms with Crippen molar-refractivity contribution < 1.29 is 9.90 Å². The molecule has 0 heterocycles. The molecule has 0 fully saturated rings. The maximum atomic E-state index is 12.2. The molecule has 1 aromatic rings. The van der Waals surface area contributed by atoms with Crippen LogP contribution in [0.25, 0.3) is 0 Å². The first kappa shape index (κ1) is 14.3. The van der Waals surface area contributed by atoms with Gasteiger partial charge in [0.05, 0.1) is 5.56 Å². The Hall–Kier alpha value is -1.77. The predicted octanol–water partition coefficient (Wildman–Crippen LogP) is 2.91. The van der Waals surface area contributed by atoms with Gasteiger partial charge in [-0.05, 0) is 38.8 Å². The maximum Gasteiger partial charge on any atom is 0.257 e. The summed E-state index contributed by atoms with van der Waals surface area (Å²) in [5.41, 5.74) is 2.13. The van der Waals surface area contributed by atoms with Crippen LogP contribution in [0.4, 0.5) is 0 Å². The van der Waals surface area contributed by atoms with Crippen molar-refractivity contribution in [3.63, 3.8) is 0 Å². The van der Waals surface area contributed by atoms with Crippen LogP contribution < -0.4 is 0 Å². The number of benzene rings is 1. The molecule has 0 bridgehead atoms. The van der Waals surface area contributed by atoms with E-state index in [1.54, 1.807) is 17.0 Å². The summed E-state index contributed by atoms with van der Waals surface area (Å²) in [6.07, 6.45) is 2.30. The summed E-state index contributed by atoms with van der Waals surface area (Å²) in [6, 6.07) is 3.56. The molecule has 0 spiro atoms. The van der Waals surface area contributed by atoms with Crippen LogP contribution in [0.15, 0.2) is 24.8 Å². The summed E-state index contributed by atoms with van der Waals surface area (Å²) in [5.74, 6) is -0.0328. The molecular formula is C15H21NO2.